The monoisotopic (exact) mass is 1470 g/mol. The molecule has 12 heteroatoms. The molecule has 12 nitrogen and oxygen atoms in total. The SMILES string of the molecule is CCCCCC(CCCCC)N1C(=O)c2ccc3c4ccc5c6c(c(-c7ccccc7-c7cc8c9c(ccc%10c%11ccc%12c%13c(ccc(c7c9%10)c%13%11)C(=O)N(C(CCCCC)CCCCC)C%12=O)C(=O)N(C(CCCCC)CCCCC)C8=O)cc(c7ccc(c2c37)C1=O)c64)C(=O)N(C(CCCCC)CCCCC)C5=O. The van der Waals surface area contributed by atoms with E-state index in [-0.39, 0.29) is 71.4 Å². The van der Waals surface area contributed by atoms with Crippen molar-refractivity contribution in [1.82, 2.24) is 19.6 Å². The third-order valence-electron chi connectivity index (χ3n) is 25.7. The van der Waals surface area contributed by atoms with Crippen LogP contribution in [0.25, 0.3) is 108 Å². The predicted octanol–water partition coefficient (Wildman–Crippen LogP) is 25.6. The van der Waals surface area contributed by atoms with E-state index in [1.54, 1.807) is 19.6 Å². The highest BCUT2D eigenvalue weighted by atomic mass is 16.2. The highest BCUT2D eigenvalue weighted by Crippen LogP contribution is 2.55. The average Bonchev–Trinajstić information content (AvgIpc) is 0.688. The van der Waals surface area contributed by atoms with Gasteiger partial charge in [-0.25, -0.2) is 0 Å². The Bertz CT molecular complexity index is 5390. The molecular formula is C98H110N4O8. The molecule has 8 amide bonds. The van der Waals surface area contributed by atoms with E-state index in [4.69, 9.17) is 0 Å². The first-order valence-corrected chi connectivity index (χ1v) is 42.8. The van der Waals surface area contributed by atoms with E-state index in [9.17, 15) is 0 Å². The number of nitrogens with zero attached hydrogens (tertiary/aromatic N) is 4. The largest absolute Gasteiger partial charge is 0.271 e. The van der Waals surface area contributed by atoms with Crippen molar-refractivity contribution in [1.29, 1.82) is 0 Å². The van der Waals surface area contributed by atoms with Crippen LogP contribution in [0, 0.1) is 0 Å². The molecule has 4 aliphatic rings. The number of fused-ring (bicyclic) bond motifs is 4. The van der Waals surface area contributed by atoms with Crippen molar-refractivity contribution in [2.45, 2.75) is 285 Å². The van der Waals surface area contributed by atoms with Crippen LogP contribution in [-0.2, 0) is 0 Å². The minimum absolute atomic E-state index is 0.247. The van der Waals surface area contributed by atoms with Crippen LogP contribution >= 0.6 is 0 Å². The molecule has 0 atom stereocenters. The van der Waals surface area contributed by atoms with Crippen LogP contribution in [0.1, 0.15) is 344 Å². The van der Waals surface area contributed by atoms with E-state index in [0.29, 0.717) is 114 Å². The van der Waals surface area contributed by atoms with Gasteiger partial charge in [0.25, 0.3) is 47.3 Å². The van der Waals surface area contributed by atoms with Gasteiger partial charge in [0.15, 0.2) is 0 Å². The maximum absolute atomic E-state index is 16.9. The standard InChI is InChI=1S/C98H110N4O8/c1-9-17-25-35-59(36-26-18-10-2)99-91(103)71-51-45-65-66-47-55-76-89-83(66)79(69-49-54-72(92(99)104)85(71)81(65)69)57-78(90(89)98(110)102(96(76)108)62(41-31-23-15-7)42-32-24-16-8)64-44-34-33-43-63(64)77-58-80-87-75(95(107)101(97(80)109)61(39-29-21-13-5)40-30-22-14-6)53-48-68-67-46-52-73-86-74(56-50-70(82(67)86)84(77)88(68)87)94(106)100(93(73)105)60(37-27-19-11-3)38-28-20-12-4/h33-34,43-62H,9-32,35-42H2,1-8H3. The summed E-state index contributed by atoms with van der Waals surface area (Å²) in [5.41, 5.74) is 6.18. The van der Waals surface area contributed by atoms with Gasteiger partial charge in [0.05, 0.1) is 5.56 Å². The fourth-order valence-corrected chi connectivity index (χ4v) is 20.2. The van der Waals surface area contributed by atoms with Gasteiger partial charge in [-0.3, -0.25) is 58.0 Å². The molecule has 0 saturated heterocycles. The molecule has 11 aromatic carbocycles. The summed E-state index contributed by atoms with van der Waals surface area (Å²) in [4.78, 5) is 134. The minimum atomic E-state index is -0.382. The number of carbonyl (C=O) groups is 8. The number of hydrogen-bond acceptors (Lipinski definition) is 8. The van der Waals surface area contributed by atoms with E-state index in [1.807, 2.05) is 91.0 Å². The molecule has 11 aromatic rings. The Morgan fingerprint density at radius 3 is 0.791 bits per heavy atom. The van der Waals surface area contributed by atoms with Crippen LogP contribution in [0.3, 0.4) is 0 Å². The Labute approximate surface area is 648 Å². The Morgan fingerprint density at radius 1 is 0.200 bits per heavy atom. The Balaban J connectivity index is 1.02. The summed E-state index contributed by atoms with van der Waals surface area (Å²) in [6.45, 7) is 17.4. The van der Waals surface area contributed by atoms with E-state index in [1.165, 1.54) is 0 Å². The summed E-state index contributed by atoms with van der Waals surface area (Å²) in [5.74, 6) is -2.52. The van der Waals surface area contributed by atoms with Crippen molar-refractivity contribution in [3.05, 3.63) is 154 Å². The zero-order valence-electron chi connectivity index (χ0n) is 66.4. The van der Waals surface area contributed by atoms with Gasteiger partial charge in [0.2, 0.25) is 0 Å². The van der Waals surface area contributed by atoms with Gasteiger partial charge in [-0.2, -0.15) is 0 Å². The highest BCUT2D eigenvalue weighted by Gasteiger charge is 2.45. The fourth-order valence-electron chi connectivity index (χ4n) is 20.2. The lowest BCUT2D eigenvalue weighted by Gasteiger charge is -2.36. The van der Waals surface area contributed by atoms with Crippen molar-refractivity contribution in [2.75, 3.05) is 0 Å². The lowest BCUT2D eigenvalue weighted by molar-refractivity contribution is 0.0501. The van der Waals surface area contributed by atoms with Gasteiger partial charge in [0.1, 0.15) is 0 Å². The molecule has 0 aromatic heterocycles. The van der Waals surface area contributed by atoms with Crippen molar-refractivity contribution in [2.24, 2.45) is 0 Å². The Hall–Kier alpha value is -9.42. The molecule has 0 saturated carbocycles. The van der Waals surface area contributed by atoms with Crippen LogP contribution in [0.2, 0.25) is 0 Å². The van der Waals surface area contributed by atoms with Crippen LogP contribution in [-0.4, -0.2) is 91.0 Å². The summed E-state index contributed by atoms with van der Waals surface area (Å²) in [7, 11) is 0. The number of hydrogen-bond donors (Lipinski definition) is 0. The summed E-state index contributed by atoms with van der Waals surface area (Å²) in [5, 5.41) is 11.5. The van der Waals surface area contributed by atoms with Crippen molar-refractivity contribution < 1.29 is 38.4 Å². The molecule has 0 unspecified atom stereocenters. The molecular weight excluding hydrogens is 1360 g/mol. The number of rotatable bonds is 38. The van der Waals surface area contributed by atoms with E-state index >= 15 is 38.4 Å². The maximum atomic E-state index is 16.9. The number of amides is 8. The maximum Gasteiger partial charge on any atom is 0.262 e. The molecule has 4 heterocycles. The number of carbonyl (C=O) groups excluding carboxylic acids is 8. The zero-order chi connectivity index (χ0) is 76.8. The van der Waals surface area contributed by atoms with Gasteiger partial charge < -0.3 is 0 Å². The number of imide groups is 4. The zero-order valence-corrected chi connectivity index (χ0v) is 66.4. The summed E-state index contributed by atoms with van der Waals surface area (Å²) in [6.07, 6.45) is 28.6. The summed E-state index contributed by atoms with van der Waals surface area (Å²) < 4.78 is 0. The lowest BCUT2D eigenvalue weighted by atomic mass is 9.77. The molecule has 0 aliphatic carbocycles. The fraction of sp³-hybridized carbons (Fsp3) is 0.449. The first-order chi connectivity index (χ1) is 53.7. The van der Waals surface area contributed by atoms with Gasteiger partial charge in [-0.1, -0.05) is 270 Å². The van der Waals surface area contributed by atoms with Gasteiger partial charge in [-0.15, -0.1) is 0 Å². The quantitative estimate of drug-likeness (QED) is 0.0161. The third kappa shape index (κ3) is 12.7. The molecule has 0 N–H and O–H groups in total. The first kappa shape index (κ1) is 76.0. The second-order valence-corrected chi connectivity index (χ2v) is 32.7. The second kappa shape index (κ2) is 32.5. The van der Waals surface area contributed by atoms with E-state index in [2.05, 4.69) is 73.6 Å². The molecule has 570 valence electrons. The highest BCUT2D eigenvalue weighted by molar-refractivity contribution is 6.45. The normalized spacial score (nSPS) is 14.7. The van der Waals surface area contributed by atoms with Gasteiger partial charge in [0, 0.05) is 84.7 Å². The van der Waals surface area contributed by atoms with Crippen LogP contribution < -0.4 is 0 Å². The first-order valence-electron chi connectivity index (χ1n) is 42.8. The van der Waals surface area contributed by atoms with Gasteiger partial charge >= 0.3 is 0 Å². The van der Waals surface area contributed by atoms with Crippen LogP contribution in [0.4, 0.5) is 0 Å². The van der Waals surface area contributed by atoms with Crippen LogP contribution in [0.15, 0.2) is 109 Å². The third-order valence-corrected chi connectivity index (χ3v) is 25.7. The Kier molecular flexibility index (Phi) is 22.4. The van der Waals surface area contributed by atoms with E-state index in [0.717, 1.165) is 244 Å². The van der Waals surface area contributed by atoms with Gasteiger partial charge in [-0.05, 0) is 187 Å². The molecule has 0 bridgehead atoms. The topological polar surface area (TPSA) is 150 Å². The molecule has 110 heavy (non-hydrogen) atoms. The molecule has 0 fully saturated rings. The summed E-state index contributed by atoms with van der Waals surface area (Å²) in [6, 6.07) is 34.5. The average molecular weight is 1470 g/mol. The lowest BCUT2D eigenvalue weighted by Crippen LogP contribution is -2.47. The van der Waals surface area contributed by atoms with Crippen molar-refractivity contribution >= 4 is 133 Å². The van der Waals surface area contributed by atoms with Crippen LogP contribution in [0.5, 0.6) is 0 Å². The molecule has 0 radical (unpaired) electrons. The molecule has 4 aliphatic heterocycles. The number of unbranched alkanes of at least 4 members (excludes halogenated alkanes) is 16. The number of benzene rings is 11. The van der Waals surface area contributed by atoms with Crippen molar-refractivity contribution in [3.8, 4) is 22.3 Å². The van der Waals surface area contributed by atoms with Crippen molar-refractivity contribution in [3.63, 3.8) is 0 Å². The molecule has 0 spiro atoms. The minimum Gasteiger partial charge on any atom is -0.271 e. The predicted molar refractivity (Wildman–Crippen MR) is 450 cm³/mol. The second-order valence-electron chi connectivity index (χ2n) is 32.7. The Morgan fingerprint density at radius 2 is 0.455 bits per heavy atom. The smallest absolute Gasteiger partial charge is 0.262 e. The van der Waals surface area contributed by atoms with E-state index < -0.39 is 0 Å². The molecule has 15 rings (SSSR count). The summed E-state index contributed by atoms with van der Waals surface area (Å²) >= 11 is 0.